The number of hydrogen-bond donors (Lipinski definition) is 1. The Kier molecular flexibility index (Phi) is 3.61. The number of β-amino-alcohol motifs (C(OH)–C–C–N with tert-alkyl or cyclic N) is 1. The maximum atomic E-state index is 11.4. The summed E-state index contributed by atoms with van der Waals surface area (Å²) in [4.78, 5) is 13.1. The van der Waals surface area contributed by atoms with Crippen molar-refractivity contribution in [2.45, 2.75) is 18.9 Å². The highest BCUT2D eigenvalue weighted by Crippen LogP contribution is 2.21. The summed E-state index contributed by atoms with van der Waals surface area (Å²) in [5.41, 5.74) is 0.842. The van der Waals surface area contributed by atoms with Crippen LogP contribution in [0.4, 0.5) is 0 Å². The van der Waals surface area contributed by atoms with Crippen LogP contribution in [-0.2, 0) is 4.79 Å². The van der Waals surface area contributed by atoms with Crippen molar-refractivity contribution in [3.05, 3.63) is 34.3 Å². The van der Waals surface area contributed by atoms with Crippen molar-refractivity contribution in [1.29, 1.82) is 0 Å². The van der Waals surface area contributed by atoms with Crippen LogP contribution in [0.15, 0.2) is 28.7 Å². The highest BCUT2D eigenvalue weighted by Gasteiger charge is 2.23. The molecule has 1 amide bonds. The average Bonchev–Trinajstić information content (AvgIpc) is 2.64. The second-order valence-electron chi connectivity index (χ2n) is 4.01. The summed E-state index contributed by atoms with van der Waals surface area (Å²) >= 11 is 3.36. The molecule has 0 aliphatic carbocycles. The number of carbonyl (C=O) groups is 1. The lowest BCUT2D eigenvalue weighted by Gasteiger charge is -2.20. The number of carbonyl (C=O) groups excluding carboxylic acids is 1. The van der Waals surface area contributed by atoms with Gasteiger partial charge in [0.05, 0.1) is 12.6 Å². The minimum atomic E-state index is -0.598. The van der Waals surface area contributed by atoms with Gasteiger partial charge in [-0.2, -0.15) is 0 Å². The van der Waals surface area contributed by atoms with Crippen molar-refractivity contribution in [2.75, 3.05) is 13.1 Å². The predicted molar refractivity (Wildman–Crippen MR) is 64.9 cm³/mol. The van der Waals surface area contributed by atoms with Crippen LogP contribution in [0, 0.1) is 0 Å². The molecule has 1 aromatic carbocycles. The third-order valence-corrected chi connectivity index (χ3v) is 3.29. The van der Waals surface area contributed by atoms with Crippen molar-refractivity contribution in [2.24, 2.45) is 0 Å². The molecule has 1 aliphatic rings. The molecule has 1 heterocycles. The summed E-state index contributed by atoms with van der Waals surface area (Å²) in [7, 11) is 0. The van der Waals surface area contributed by atoms with E-state index >= 15 is 0 Å². The van der Waals surface area contributed by atoms with Gasteiger partial charge < -0.3 is 10.0 Å². The van der Waals surface area contributed by atoms with Crippen LogP contribution >= 0.6 is 15.9 Å². The molecular formula is C12H14BrNO2. The fourth-order valence-corrected chi connectivity index (χ4v) is 2.34. The summed E-state index contributed by atoms with van der Waals surface area (Å²) < 4.78 is 0.941. The number of nitrogens with zero attached hydrogens (tertiary/aromatic N) is 1. The monoisotopic (exact) mass is 283 g/mol. The first kappa shape index (κ1) is 11.6. The molecule has 0 spiro atoms. The minimum Gasteiger partial charge on any atom is -0.387 e. The Bertz CT molecular complexity index is 394. The molecule has 0 aromatic heterocycles. The fraction of sp³-hybridized carbons (Fsp3) is 0.417. The van der Waals surface area contributed by atoms with E-state index in [2.05, 4.69) is 15.9 Å². The normalized spacial score (nSPS) is 17.9. The van der Waals surface area contributed by atoms with E-state index in [1.165, 1.54) is 0 Å². The van der Waals surface area contributed by atoms with Gasteiger partial charge in [-0.1, -0.05) is 28.1 Å². The molecule has 3 nitrogen and oxygen atoms in total. The van der Waals surface area contributed by atoms with E-state index < -0.39 is 6.10 Å². The lowest BCUT2D eigenvalue weighted by atomic mass is 10.1. The van der Waals surface area contributed by atoms with Gasteiger partial charge >= 0.3 is 0 Å². The molecule has 0 saturated carbocycles. The van der Waals surface area contributed by atoms with Gasteiger partial charge in [-0.05, 0) is 24.1 Å². The number of halogens is 1. The van der Waals surface area contributed by atoms with Crippen molar-refractivity contribution in [1.82, 2.24) is 4.90 Å². The number of rotatable bonds is 3. The first-order valence-corrected chi connectivity index (χ1v) is 6.17. The summed E-state index contributed by atoms with van der Waals surface area (Å²) in [6.07, 6.45) is 0.925. The van der Waals surface area contributed by atoms with Crippen LogP contribution in [0.1, 0.15) is 24.5 Å². The maximum Gasteiger partial charge on any atom is 0.222 e. The van der Waals surface area contributed by atoms with E-state index in [0.717, 1.165) is 23.0 Å². The van der Waals surface area contributed by atoms with Crippen LogP contribution in [0.5, 0.6) is 0 Å². The van der Waals surface area contributed by atoms with Gasteiger partial charge in [0, 0.05) is 17.4 Å². The van der Waals surface area contributed by atoms with Crippen LogP contribution in [0.25, 0.3) is 0 Å². The van der Waals surface area contributed by atoms with Gasteiger partial charge in [0.25, 0.3) is 0 Å². The summed E-state index contributed by atoms with van der Waals surface area (Å²) in [5, 5.41) is 10.0. The standard InChI is InChI=1S/C12H14BrNO2/c13-10-4-1-3-9(7-10)11(15)8-14-6-2-5-12(14)16/h1,3-4,7,11,15H,2,5-6,8H2. The predicted octanol–water partition coefficient (Wildman–Crippen LogP) is 2.10. The lowest BCUT2D eigenvalue weighted by Crippen LogP contribution is -2.29. The van der Waals surface area contributed by atoms with E-state index in [1.807, 2.05) is 24.3 Å². The van der Waals surface area contributed by atoms with E-state index in [4.69, 9.17) is 0 Å². The number of hydrogen-bond acceptors (Lipinski definition) is 2. The molecule has 1 saturated heterocycles. The number of aliphatic hydroxyl groups excluding tert-OH is 1. The average molecular weight is 284 g/mol. The molecule has 1 atom stereocenters. The van der Waals surface area contributed by atoms with Gasteiger partial charge in [0.15, 0.2) is 0 Å². The first-order valence-electron chi connectivity index (χ1n) is 5.38. The zero-order chi connectivity index (χ0) is 11.5. The molecule has 4 heteroatoms. The molecule has 1 aromatic rings. The van der Waals surface area contributed by atoms with Gasteiger partial charge in [-0.3, -0.25) is 4.79 Å². The van der Waals surface area contributed by atoms with Crippen molar-refractivity contribution in [3.63, 3.8) is 0 Å². The largest absolute Gasteiger partial charge is 0.387 e. The molecule has 86 valence electrons. The Morgan fingerprint density at radius 3 is 2.94 bits per heavy atom. The van der Waals surface area contributed by atoms with Crippen molar-refractivity contribution in [3.8, 4) is 0 Å². The second kappa shape index (κ2) is 4.97. The molecule has 0 radical (unpaired) electrons. The van der Waals surface area contributed by atoms with Gasteiger partial charge in [0.2, 0.25) is 5.91 Å². The Hall–Kier alpha value is -0.870. The Balaban J connectivity index is 2.02. The molecule has 2 rings (SSSR count). The number of amides is 1. The molecule has 1 aliphatic heterocycles. The number of benzene rings is 1. The molecule has 16 heavy (non-hydrogen) atoms. The lowest BCUT2D eigenvalue weighted by molar-refractivity contribution is -0.128. The van der Waals surface area contributed by atoms with E-state index in [0.29, 0.717) is 13.0 Å². The summed E-state index contributed by atoms with van der Waals surface area (Å²) in [6, 6.07) is 7.55. The van der Waals surface area contributed by atoms with Crippen LogP contribution in [0.2, 0.25) is 0 Å². The molecular weight excluding hydrogens is 270 g/mol. The third-order valence-electron chi connectivity index (χ3n) is 2.80. The summed E-state index contributed by atoms with van der Waals surface area (Å²) in [5.74, 6) is 0.147. The molecule has 1 N–H and O–H groups in total. The Morgan fingerprint density at radius 2 is 2.31 bits per heavy atom. The molecule has 0 bridgehead atoms. The Morgan fingerprint density at radius 1 is 1.50 bits per heavy atom. The zero-order valence-corrected chi connectivity index (χ0v) is 10.5. The highest BCUT2D eigenvalue weighted by atomic mass is 79.9. The van der Waals surface area contributed by atoms with E-state index in [9.17, 15) is 9.90 Å². The first-order chi connectivity index (χ1) is 7.66. The smallest absolute Gasteiger partial charge is 0.222 e. The van der Waals surface area contributed by atoms with Crippen LogP contribution < -0.4 is 0 Å². The topological polar surface area (TPSA) is 40.5 Å². The Labute approximate surface area is 103 Å². The quantitative estimate of drug-likeness (QED) is 0.923. The van der Waals surface area contributed by atoms with E-state index in [-0.39, 0.29) is 5.91 Å². The van der Waals surface area contributed by atoms with Gasteiger partial charge in [-0.15, -0.1) is 0 Å². The van der Waals surface area contributed by atoms with Crippen LogP contribution in [-0.4, -0.2) is 29.0 Å². The summed E-state index contributed by atoms with van der Waals surface area (Å²) in [6.45, 7) is 1.17. The zero-order valence-electron chi connectivity index (χ0n) is 8.90. The third kappa shape index (κ3) is 2.62. The number of likely N-dealkylation sites (tertiary alicyclic amines) is 1. The SMILES string of the molecule is O=C1CCCN1CC(O)c1cccc(Br)c1. The van der Waals surface area contributed by atoms with Crippen molar-refractivity contribution < 1.29 is 9.90 Å². The molecule has 1 unspecified atom stereocenters. The molecule has 1 fully saturated rings. The minimum absolute atomic E-state index is 0.147. The number of aliphatic hydroxyl groups is 1. The highest BCUT2D eigenvalue weighted by molar-refractivity contribution is 9.10. The second-order valence-corrected chi connectivity index (χ2v) is 4.93. The van der Waals surface area contributed by atoms with E-state index in [1.54, 1.807) is 4.90 Å². The van der Waals surface area contributed by atoms with Crippen LogP contribution in [0.3, 0.4) is 0 Å². The fourth-order valence-electron chi connectivity index (χ4n) is 1.93. The van der Waals surface area contributed by atoms with Crippen molar-refractivity contribution >= 4 is 21.8 Å². The van der Waals surface area contributed by atoms with Gasteiger partial charge in [-0.25, -0.2) is 0 Å². The van der Waals surface area contributed by atoms with Gasteiger partial charge in [0.1, 0.15) is 0 Å². The maximum absolute atomic E-state index is 11.4.